The lowest BCUT2D eigenvalue weighted by Crippen LogP contribution is -2.45. The van der Waals surface area contributed by atoms with Gasteiger partial charge in [-0.15, -0.1) is 0 Å². The third kappa shape index (κ3) is 5.00. The quantitative estimate of drug-likeness (QED) is 0.729. The van der Waals surface area contributed by atoms with E-state index in [0.29, 0.717) is 19.0 Å². The Kier molecular flexibility index (Phi) is 5.80. The molecule has 2 amide bonds. The summed E-state index contributed by atoms with van der Waals surface area (Å²) in [6, 6.07) is -0.292. The minimum atomic E-state index is -1.55. The minimum absolute atomic E-state index is 0.242. The van der Waals surface area contributed by atoms with E-state index in [-0.39, 0.29) is 18.0 Å². The third-order valence-electron chi connectivity index (χ3n) is 3.97. The highest BCUT2D eigenvalue weighted by atomic mass is 16.4. The lowest BCUT2D eigenvalue weighted by atomic mass is 9.77. The van der Waals surface area contributed by atoms with E-state index in [2.05, 4.69) is 26.1 Å². The summed E-state index contributed by atoms with van der Waals surface area (Å²) in [7, 11) is 0. The first-order valence-electron chi connectivity index (χ1n) is 7.15. The zero-order valence-corrected chi connectivity index (χ0v) is 12.6. The van der Waals surface area contributed by atoms with Crippen molar-refractivity contribution in [3.8, 4) is 0 Å². The molecule has 20 heavy (non-hydrogen) atoms. The Bertz CT molecular complexity index is 352. The first-order valence-corrected chi connectivity index (χ1v) is 7.15. The first kappa shape index (κ1) is 16.8. The molecule has 0 aliphatic carbocycles. The third-order valence-corrected chi connectivity index (χ3v) is 3.97. The molecule has 1 aliphatic heterocycles. The molecular formula is C14H26N2O4. The number of aliphatic carboxylic acids is 1. The second kappa shape index (κ2) is 6.92. The summed E-state index contributed by atoms with van der Waals surface area (Å²) in [6.07, 6.45) is 1.47. The van der Waals surface area contributed by atoms with Gasteiger partial charge in [0.05, 0.1) is 6.54 Å². The predicted molar refractivity (Wildman–Crippen MR) is 75.4 cm³/mol. The van der Waals surface area contributed by atoms with Gasteiger partial charge < -0.3 is 20.4 Å². The van der Waals surface area contributed by atoms with Crippen LogP contribution in [0.5, 0.6) is 0 Å². The molecule has 1 saturated heterocycles. The smallest absolute Gasteiger partial charge is 0.334 e. The maximum absolute atomic E-state index is 11.9. The summed E-state index contributed by atoms with van der Waals surface area (Å²) >= 11 is 0. The number of aliphatic hydroxyl groups excluding tert-OH is 1. The summed E-state index contributed by atoms with van der Waals surface area (Å²) in [4.78, 5) is 24.1. The number of hydrogen-bond acceptors (Lipinski definition) is 3. The summed E-state index contributed by atoms with van der Waals surface area (Å²) in [5, 5.41) is 20.2. The van der Waals surface area contributed by atoms with E-state index in [1.807, 2.05) is 0 Å². The van der Waals surface area contributed by atoms with Crippen LogP contribution in [0, 0.1) is 11.3 Å². The molecule has 0 bridgehead atoms. The number of carboxylic acids is 1. The normalized spacial score (nSPS) is 22.0. The van der Waals surface area contributed by atoms with Crippen LogP contribution in [0.2, 0.25) is 0 Å². The Labute approximate surface area is 120 Å². The summed E-state index contributed by atoms with van der Waals surface area (Å²) < 4.78 is 0. The average Bonchev–Trinajstić information content (AvgIpc) is 2.60. The molecule has 0 radical (unpaired) electrons. The molecule has 1 aliphatic rings. The van der Waals surface area contributed by atoms with Gasteiger partial charge >= 0.3 is 12.0 Å². The Hall–Kier alpha value is -1.30. The Morgan fingerprint density at radius 3 is 2.50 bits per heavy atom. The second-order valence-corrected chi connectivity index (χ2v) is 6.52. The molecule has 3 N–H and O–H groups in total. The van der Waals surface area contributed by atoms with E-state index in [9.17, 15) is 9.59 Å². The second-order valence-electron chi connectivity index (χ2n) is 6.52. The predicted octanol–water partition coefficient (Wildman–Crippen LogP) is 1.29. The van der Waals surface area contributed by atoms with Gasteiger partial charge in [0.2, 0.25) is 0 Å². The molecule has 6 nitrogen and oxygen atoms in total. The molecule has 0 aromatic heterocycles. The monoisotopic (exact) mass is 286 g/mol. The van der Waals surface area contributed by atoms with Crippen LogP contribution in [0.4, 0.5) is 4.79 Å². The van der Waals surface area contributed by atoms with Crippen molar-refractivity contribution < 1.29 is 19.8 Å². The number of aliphatic hydroxyl groups is 1. The van der Waals surface area contributed by atoms with Gasteiger partial charge in [-0.05, 0) is 30.6 Å². The van der Waals surface area contributed by atoms with Crippen molar-refractivity contribution in [2.24, 2.45) is 11.3 Å². The van der Waals surface area contributed by atoms with Crippen molar-refractivity contribution in [3.63, 3.8) is 0 Å². The van der Waals surface area contributed by atoms with Crippen LogP contribution in [-0.4, -0.2) is 52.9 Å². The van der Waals surface area contributed by atoms with Crippen molar-refractivity contribution in [1.29, 1.82) is 0 Å². The van der Waals surface area contributed by atoms with Crippen LogP contribution in [-0.2, 0) is 4.79 Å². The van der Waals surface area contributed by atoms with Crippen LogP contribution in [0.1, 0.15) is 40.0 Å². The maximum Gasteiger partial charge on any atom is 0.334 e. The number of carbonyl (C=O) groups excluding carboxylic acids is 1. The SMILES string of the molecule is CC(C)(C)C1CCCN(C(=O)NC[C@H](O)C(=O)O)CC1. The molecule has 0 spiro atoms. The Morgan fingerprint density at radius 1 is 1.30 bits per heavy atom. The van der Waals surface area contributed by atoms with Crippen molar-refractivity contribution in [2.75, 3.05) is 19.6 Å². The highest BCUT2D eigenvalue weighted by molar-refractivity contribution is 5.76. The van der Waals surface area contributed by atoms with Crippen molar-refractivity contribution >= 4 is 12.0 Å². The van der Waals surface area contributed by atoms with E-state index in [0.717, 1.165) is 19.3 Å². The van der Waals surface area contributed by atoms with Gasteiger partial charge in [0, 0.05) is 13.1 Å². The fourth-order valence-corrected chi connectivity index (χ4v) is 2.55. The Balaban J connectivity index is 2.44. The van der Waals surface area contributed by atoms with Crippen molar-refractivity contribution in [3.05, 3.63) is 0 Å². The van der Waals surface area contributed by atoms with E-state index in [1.165, 1.54) is 0 Å². The molecule has 0 aromatic carbocycles. The van der Waals surface area contributed by atoms with Crippen molar-refractivity contribution in [2.45, 2.75) is 46.1 Å². The van der Waals surface area contributed by atoms with Gasteiger partial charge in [-0.1, -0.05) is 20.8 Å². The molecule has 1 rings (SSSR count). The topological polar surface area (TPSA) is 89.9 Å². The van der Waals surface area contributed by atoms with Gasteiger partial charge in [0.1, 0.15) is 0 Å². The summed E-state index contributed by atoms with van der Waals surface area (Å²) in [5.74, 6) is -0.737. The number of likely N-dealkylation sites (tertiary alicyclic amines) is 1. The van der Waals surface area contributed by atoms with E-state index in [1.54, 1.807) is 4.90 Å². The maximum atomic E-state index is 11.9. The zero-order valence-electron chi connectivity index (χ0n) is 12.6. The highest BCUT2D eigenvalue weighted by Crippen LogP contribution is 2.34. The number of hydrogen-bond donors (Lipinski definition) is 3. The van der Waals surface area contributed by atoms with Crippen LogP contribution in [0.3, 0.4) is 0 Å². The van der Waals surface area contributed by atoms with Crippen LogP contribution in [0.15, 0.2) is 0 Å². The van der Waals surface area contributed by atoms with Gasteiger partial charge in [-0.3, -0.25) is 0 Å². The number of rotatable bonds is 3. The molecule has 0 aromatic rings. The van der Waals surface area contributed by atoms with Crippen LogP contribution < -0.4 is 5.32 Å². The van der Waals surface area contributed by atoms with Crippen molar-refractivity contribution in [1.82, 2.24) is 10.2 Å². The van der Waals surface area contributed by atoms with Gasteiger partial charge in [-0.25, -0.2) is 9.59 Å². The van der Waals surface area contributed by atoms with Crippen LogP contribution >= 0.6 is 0 Å². The number of urea groups is 1. The van der Waals surface area contributed by atoms with Crippen LogP contribution in [0.25, 0.3) is 0 Å². The lowest BCUT2D eigenvalue weighted by Gasteiger charge is -2.29. The van der Waals surface area contributed by atoms with Gasteiger partial charge in [0.15, 0.2) is 6.10 Å². The number of carboxylic acid groups (broad SMARTS) is 1. The molecule has 0 saturated carbocycles. The zero-order chi connectivity index (χ0) is 15.3. The largest absolute Gasteiger partial charge is 0.479 e. The molecule has 1 heterocycles. The van der Waals surface area contributed by atoms with Gasteiger partial charge in [-0.2, -0.15) is 0 Å². The molecule has 116 valence electrons. The Morgan fingerprint density at radius 2 is 1.95 bits per heavy atom. The van der Waals surface area contributed by atoms with E-state index < -0.39 is 12.1 Å². The fourth-order valence-electron chi connectivity index (χ4n) is 2.55. The minimum Gasteiger partial charge on any atom is -0.479 e. The summed E-state index contributed by atoms with van der Waals surface area (Å²) in [5.41, 5.74) is 0.242. The fraction of sp³-hybridized carbons (Fsp3) is 0.857. The molecule has 1 fully saturated rings. The molecular weight excluding hydrogens is 260 g/mol. The summed E-state index contributed by atoms with van der Waals surface area (Å²) in [6.45, 7) is 7.76. The number of nitrogens with zero attached hydrogens (tertiary/aromatic N) is 1. The van der Waals surface area contributed by atoms with E-state index >= 15 is 0 Å². The molecule has 2 atom stereocenters. The molecule has 6 heteroatoms. The number of carbonyl (C=O) groups is 2. The number of amides is 2. The standard InChI is InChI=1S/C14H26N2O4/c1-14(2,3)10-5-4-7-16(8-6-10)13(20)15-9-11(17)12(18)19/h10-11,17H,4-9H2,1-3H3,(H,15,20)(H,18,19)/t10?,11-/m0/s1. The van der Waals surface area contributed by atoms with E-state index in [4.69, 9.17) is 10.2 Å². The highest BCUT2D eigenvalue weighted by Gasteiger charge is 2.28. The average molecular weight is 286 g/mol. The lowest BCUT2D eigenvalue weighted by molar-refractivity contribution is -0.146. The molecule has 1 unspecified atom stereocenters. The number of nitrogens with one attached hydrogen (secondary N) is 1. The van der Waals surface area contributed by atoms with Gasteiger partial charge in [0.25, 0.3) is 0 Å². The first-order chi connectivity index (χ1) is 9.21.